The van der Waals surface area contributed by atoms with Crippen LogP contribution in [0.3, 0.4) is 0 Å². The largest absolute Gasteiger partial charge is 0.378 e. The maximum absolute atomic E-state index is 13.3. The summed E-state index contributed by atoms with van der Waals surface area (Å²) in [6.45, 7) is 0.794. The van der Waals surface area contributed by atoms with Gasteiger partial charge in [0.05, 0.1) is 0 Å². The minimum Gasteiger partial charge on any atom is -0.378 e. The van der Waals surface area contributed by atoms with Crippen molar-refractivity contribution in [1.82, 2.24) is 5.32 Å². The number of nitrogens with zero attached hydrogens (tertiary/aromatic N) is 2. The molecule has 0 radical (unpaired) electrons. The lowest BCUT2D eigenvalue weighted by Crippen LogP contribution is -2.34. The molecule has 0 spiro atoms. The summed E-state index contributed by atoms with van der Waals surface area (Å²) >= 11 is 0. The highest BCUT2D eigenvalue weighted by molar-refractivity contribution is 6.06. The Balaban J connectivity index is 1.68. The highest BCUT2D eigenvalue weighted by atomic mass is 19.1. The van der Waals surface area contributed by atoms with Crippen molar-refractivity contribution in [3.63, 3.8) is 0 Å². The molecule has 1 N–H and O–H groups in total. The maximum atomic E-state index is 13.3. The van der Waals surface area contributed by atoms with Crippen LogP contribution in [0.1, 0.15) is 27.1 Å². The van der Waals surface area contributed by atoms with E-state index in [0.29, 0.717) is 25.1 Å². The smallest absolute Gasteiger partial charge is 0.258 e. The summed E-state index contributed by atoms with van der Waals surface area (Å²) in [7, 11) is 3.92. The van der Waals surface area contributed by atoms with Crippen molar-refractivity contribution in [2.24, 2.45) is 0 Å². The predicted molar refractivity (Wildman–Crippen MR) is 122 cm³/mol. The zero-order chi connectivity index (χ0) is 22.2. The Hall–Kier alpha value is -3.67. The van der Waals surface area contributed by atoms with E-state index in [1.807, 2.05) is 61.5 Å². The highest BCUT2D eigenvalue weighted by Gasteiger charge is 2.17. The van der Waals surface area contributed by atoms with E-state index in [1.165, 1.54) is 18.2 Å². The number of benzene rings is 3. The molecule has 0 atom stereocenters. The fourth-order valence-corrected chi connectivity index (χ4v) is 3.19. The van der Waals surface area contributed by atoms with Crippen LogP contribution in [0.25, 0.3) is 0 Å². The third kappa shape index (κ3) is 5.92. The molecule has 0 aliphatic rings. The standard InChI is InChI=1S/C25H26FN3O2/c1-28(2)22-12-14-23(15-13-22)29(25(31)19-8-4-3-5-9-19)17-7-16-27-24(30)20-10-6-11-21(26)18-20/h3-6,8-15,18H,7,16-17H2,1-2H3,(H,27,30). The van der Waals surface area contributed by atoms with E-state index in [1.54, 1.807) is 23.1 Å². The van der Waals surface area contributed by atoms with Crippen molar-refractivity contribution in [3.05, 3.63) is 95.8 Å². The Morgan fingerprint density at radius 2 is 1.48 bits per heavy atom. The molecule has 0 saturated heterocycles. The lowest BCUT2D eigenvalue weighted by atomic mass is 10.1. The second-order valence-corrected chi connectivity index (χ2v) is 7.35. The Labute approximate surface area is 182 Å². The van der Waals surface area contributed by atoms with E-state index in [4.69, 9.17) is 0 Å². The van der Waals surface area contributed by atoms with Crippen LogP contribution in [0.5, 0.6) is 0 Å². The third-order valence-corrected chi connectivity index (χ3v) is 4.87. The number of hydrogen-bond acceptors (Lipinski definition) is 3. The van der Waals surface area contributed by atoms with Crippen LogP contribution in [0.2, 0.25) is 0 Å². The van der Waals surface area contributed by atoms with Gasteiger partial charge >= 0.3 is 0 Å². The average Bonchev–Trinajstić information content (AvgIpc) is 2.79. The minimum absolute atomic E-state index is 0.102. The van der Waals surface area contributed by atoms with Gasteiger partial charge < -0.3 is 15.1 Å². The predicted octanol–water partition coefficient (Wildman–Crippen LogP) is 4.36. The van der Waals surface area contributed by atoms with Crippen LogP contribution < -0.4 is 15.1 Å². The van der Waals surface area contributed by atoms with E-state index >= 15 is 0 Å². The second-order valence-electron chi connectivity index (χ2n) is 7.35. The molecule has 160 valence electrons. The summed E-state index contributed by atoms with van der Waals surface area (Å²) in [5.74, 6) is -0.890. The Kier molecular flexibility index (Phi) is 7.38. The first-order valence-electron chi connectivity index (χ1n) is 10.1. The molecule has 3 aromatic carbocycles. The van der Waals surface area contributed by atoms with E-state index in [-0.39, 0.29) is 17.4 Å². The average molecular weight is 420 g/mol. The van der Waals surface area contributed by atoms with Crippen molar-refractivity contribution in [3.8, 4) is 0 Å². The van der Waals surface area contributed by atoms with E-state index < -0.39 is 5.82 Å². The number of carbonyl (C=O) groups is 2. The van der Waals surface area contributed by atoms with Gasteiger partial charge in [-0.3, -0.25) is 9.59 Å². The molecule has 0 saturated carbocycles. The second kappa shape index (κ2) is 10.4. The Morgan fingerprint density at radius 3 is 2.13 bits per heavy atom. The topological polar surface area (TPSA) is 52.6 Å². The molecule has 5 nitrogen and oxygen atoms in total. The molecule has 3 aromatic rings. The van der Waals surface area contributed by atoms with Gasteiger partial charge in [0.25, 0.3) is 11.8 Å². The van der Waals surface area contributed by atoms with E-state index in [0.717, 1.165) is 11.4 Å². The van der Waals surface area contributed by atoms with Crippen molar-refractivity contribution in [1.29, 1.82) is 0 Å². The molecule has 0 aliphatic carbocycles. The maximum Gasteiger partial charge on any atom is 0.258 e. The number of amides is 2. The summed E-state index contributed by atoms with van der Waals surface area (Å²) in [4.78, 5) is 29.0. The van der Waals surface area contributed by atoms with Gasteiger partial charge in [-0.05, 0) is 61.0 Å². The van der Waals surface area contributed by atoms with Crippen LogP contribution in [0.15, 0.2) is 78.9 Å². The van der Waals surface area contributed by atoms with Crippen molar-refractivity contribution >= 4 is 23.2 Å². The monoisotopic (exact) mass is 419 g/mol. The fourth-order valence-electron chi connectivity index (χ4n) is 3.19. The zero-order valence-corrected chi connectivity index (χ0v) is 17.7. The summed E-state index contributed by atoms with van der Waals surface area (Å²) < 4.78 is 13.3. The summed E-state index contributed by atoms with van der Waals surface area (Å²) in [6, 6.07) is 22.4. The van der Waals surface area contributed by atoms with Crippen molar-refractivity contribution in [2.75, 3.05) is 37.0 Å². The molecule has 31 heavy (non-hydrogen) atoms. The van der Waals surface area contributed by atoms with Gasteiger partial charge in [0.2, 0.25) is 0 Å². The normalized spacial score (nSPS) is 10.4. The van der Waals surface area contributed by atoms with Gasteiger partial charge in [0.1, 0.15) is 5.82 Å². The molecular weight excluding hydrogens is 393 g/mol. The van der Waals surface area contributed by atoms with E-state index in [2.05, 4.69) is 5.32 Å². The van der Waals surface area contributed by atoms with Crippen LogP contribution in [-0.4, -0.2) is 39.0 Å². The van der Waals surface area contributed by atoms with Gasteiger partial charge in [0, 0.05) is 49.7 Å². The number of halogens is 1. The third-order valence-electron chi connectivity index (χ3n) is 4.87. The SMILES string of the molecule is CN(C)c1ccc(N(CCCNC(=O)c2cccc(F)c2)C(=O)c2ccccc2)cc1. The van der Waals surface area contributed by atoms with Gasteiger partial charge in [-0.25, -0.2) is 4.39 Å². The molecule has 6 heteroatoms. The minimum atomic E-state index is -0.451. The van der Waals surface area contributed by atoms with Gasteiger partial charge in [-0.2, -0.15) is 0 Å². The highest BCUT2D eigenvalue weighted by Crippen LogP contribution is 2.21. The number of rotatable bonds is 8. The summed E-state index contributed by atoms with van der Waals surface area (Å²) in [6.07, 6.45) is 0.551. The number of nitrogens with one attached hydrogen (secondary N) is 1. The van der Waals surface area contributed by atoms with Crippen LogP contribution in [0.4, 0.5) is 15.8 Å². The molecule has 0 unspecified atom stereocenters. The van der Waals surface area contributed by atoms with Crippen LogP contribution in [0, 0.1) is 5.82 Å². The Bertz CT molecular complexity index is 1020. The molecule has 3 rings (SSSR count). The zero-order valence-electron chi connectivity index (χ0n) is 17.7. The quantitative estimate of drug-likeness (QED) is 0.552. The molecule has 0 aliphatic heterocycles. The van der Waals surface area contributed by atoms with Gasteiger partial charge in [0.15, 0.2) is 0 Å². The molecule has 0 heterocycles. The van der Waals surface area contributed by atoms with Crippen molar-refractivity contribution < 1.29 is 14.0 Å². The molecule has 2 amide bonds. The Morgan fingerprint density at radius 1 is 0.839 bits per heavy atom. The fraction of sp³-hybridized carbons (Fsp3) is 0.200. The summed E-state index contributed by atoms with van der Waals surface area (Å²) in [5.41, 5.74) is 2.70. The molecule has 0 bridgehead atoms. The first kappa shape index (κ1) is 22.0. The molecule has 0 aromatic heterocycles. The first-order chi connectivity index (χ1) is 15.0. The molecule has 0 fully saturated rings. The number of anilines is 2. The van der Waals surface area contributed by atoms with E-state index in [9.17, 15) is 14.0 Å². The summed E-state index contributed by atoms with van der Waals surface area (Å²) in [5, 5.41) is 2.79. The van der Waals surface area contributed by atoms with Crippen LogP contribution >= 0.6 is 0 Å². The first-order valence-corrected chi connectivity index (χ1v) is 10.1. The van der Waals surface area contributed by atoms with Crippen molar-refractivity contribution in [2.45, 2.75) is 6.42 Å². The van der Waals surface area contributed by atoms with Gasteiger partial charge in [-0.1, -0.05) is 24.3 Å². The lowest BCUT2D eigenvalue weighted by Gasteiger charge is -2.24. The van der Waals surface area contributed by atoms with Gasteiger partial charge in [-0.15, -0.1) is 0 Å². The van der Waals surface area contributed by atoms with Crippen LogP contribution in [-0.2, 0) is 0 Å². The molecular formula is C25H26FN3O2. The lowest BCUT2D eigenvalue weighted by molar-refractivity contribution is 0.0953. The number of hydrogen-bond donors (Lipinski definition) is 1. The number of carbonyl (C=O) groups excluding carboxylic acids is 2.